The first-order valence-corrected chi connectivity index (χ1v) is 9.71. The Morgan fingerprint density at radius 2 is 2.13 bits per heavy atom. The van der Waals surface area contributed by atoms with Gasteiger partial charge in [-0.25, -0.2) is 8.42 Å². The van der Waals surface area contributed by atoms with Gasteiger partial charge < -0.3 is 10.3 Å². The van der Waals surface area contributed by atoms with Crippen molar-refractivity contribution in [2.45, 2.75) is 33.2 Å². The lowest BCUT2D eigenvalue weighted by Crippen LogP contribution is -2.25. The molecule has 124 valence electrons. The summed E-state index contributed by atoms with van der Waals surface area (Å²) in [6.07, 6.45) is 0.896. The maximum absolute atomic E-state index is 12.0. The second-order valence-corrected chi connectivity index (χ2v) is 8.73. The third-order valence-electron chi connectivity index (χ3n) is 4.66. The van der Waals surface area contributed by atoms with Crippen molar-refractivity contribution in [3.8, 4) is 0 Å². The highest BCUT2D eigenvalue weighted by Crippen LogP contribution is 2.23. The smallest absolute Gasteiger partial charge is 0.220 e. The van der Waals surface area contributed by atoms with Crippen molar-refractivity contribution in [1.29, 1.82) is 0 Å². The highest BCUT2D eigenvalue weighted by atomic mass is 32.2. The van der Waals surface area contributed by atoms with Crippen LogP contribution in [0.2, 0.25) is 0 Å². The highest BCUT2D eigenvalue weighted by Gasteiger charge is 2.29. The van der Waals surface area contributed by atoms with Crippen molar-refractivity contribution >= 4 is 26.6 Å². The zero-order valence-corrected chi connectivity index (χ0v) is 14.3. The Hall–Kier alpha value is -1.82. The van der Waals surface area contributed by atoms with Crippen LogP contribution < -0.4 is 5.32 Å². The van der Waals surface area contributed by atoms with Crippen LogP contribution in [0.4, 0.5) is 0 Å². The average Bonchev–Trinajstić information content (AvgIpc) is 2.97. The fourth-order valence-electron chi connectivity index (χ4n) is 3.19. The molecule has 6 heteroatoms. The summed E-state index contributed by atoms with van der Waals surface area (Å²) in [5.74, 6) is 0.258. The molecule has 1 aromatic heterocycles. The summed E-state index contributed by atoms with van der Waals surface area (Å²) in [4.78, 5) is 15.3. The number of aryl methyl sites for hydroxylation is 2. The van der Waals surface area contributed by atoms with Crippen LogP contribution in [0.3, 0.4) is 0 Å². The van der Waals surface area contributed by atoms with Gasteiger partial charge in [0.2, 0.25) is 5.91 Å². The number of carbonyl (C=O) groups is 1. The predicted molar refractivity (Wildman–Crippen MR) is 91.0 cm³/mol. The number of hydrogen-bond donors (Lipinski definition) is 2. The number of amides is 1. The Bertz CT molecular complexity index is 852. The van der Waals surface area contributed by atoms with Gasteiger partial charge in [0.1, 0.15) is 0 Å². The molecule has 1 saturated heterocycles. The predicted octanol–water partition coefficient (Wildman–Crippen LogP) is 2.23. The Balaban J connectivity index is 1.60. The first-order valence-electron chi connectivity index (χ1n) is 7.89. The molecule has 0 bridgehead atoms. The number of hydrogen-bond acceptors (Lipinski definition) is 3. The van der Waals surface area contributed by atoms with Crippen molar-refractivity contribution in [3.05, 3.63) is 35.0 Å². The molecule has 0 radical (unpaired) electrons. The summed E-state index contributed by atoms with van der Waals surface area (Å²) in [6.45, 7) is 4.60. The lowest BCUT2D eigenvalue weighted by Gasteiger charge is -2.09. The first-order chi connectivity index (χ1) is 10.8. The number of carbonyl (C=O) groups excluding carboxylic acids is 1. The largest absolute Gasteiger partial charge is 0.358 e. The molecular weight excluding hydrogens is 312 g/mol. The Labute approximate surface area is 136 Å². The van der Waals surface area contributed by atoms with Crippen LogP contribution in [0, 0.1) is 19.8 Å². The van der Waals surface area contributed by atoms with E-state index in [1.54, 1.807) is 0 Å². The topological polar surface area (TPSA) is 79.0 Å². The third-order valence-corrected chi connectivity index (χ3v) is 6.50. The van der Waals surface area contributed by atoms with E-state index in [0.29, 0.717) is 19.4 Å². The molecule has 0 spiro atoms. The van der Waals surface area contributed by atoms with E-state index in [4.69, 9.17) is 0 Å². The Morgan fingerprint density at radius 1 is 1.35 bits per heavy atom. The molecule has 2 aromatic rings. The van der Waals surface area contributed by atoms with Crippen molar-refractivity contribution in [3.63, 3.8) is 0 Å². The molecule has 1 unspecified atom stereocenters. The molecule has 0 saturated carbocycles. The van der Waals surface area contributed by atoms with Gasteiger partial charge in [-0.1, -0.05) is 6.07 Å². The minimum absolute atomic E-state index is 0.0305. The average molecular weight is 334 g/mol. The van der Waals surface area contributed by atoms with Gasteiger partial charge in [0.25, 0.3) is 0 Å². The van der Waals surface area contributed by atoms with Gasteiger partial charge in [-0.15, -0.1) is 0 Å². The lowest BCUT2D eigenvalue weighted by atomic mass is 10.0. The van der Waals surface area contributed by atoms with E-state index >= 15 is 0 Å². The molecule has 3 rings (SSSR count). The maximum Gasteiger partial charge on any atom is 0.220 e. The zero-order valence-electron chi connectivity index (χ0n) is 13.5. The molecule has 2 N–H and O–H groups in total. The van der Waals surface area contributed by atoms with Gasteiger partial charge in [-0.05, 0) is 49.4 Å². The van der Waals surface area contributed by atoms with Crippen LogP contribution in [-0.4, -0.2) is 30.8 Å². The maximum atomic E-state index is 12.0. The number of fused-ring (bicyclic) bond motifs is 1. The highest BCUT2D eigenvalue weighted by molar-refractivity contribution is 7.91. The molecule has 1 aromatic carbocycles. The van der Waals surface area contributed by atoms with E-state index in [1.807, 2.05) is 19.1 Å². The lowest BCUT2D eigenvalue weighted by molar-refractivity contribution is -0.122. The summed E-state index contributed by atoms with van der Waals surface area (Å²) in [5, 5.41) is 4.08. The van der Waals surface area contributed by atoms with Crippen LogP contribution >= 0.6 is 0 Å². The fraction of sp³-hybridized carbons (Fsp3) is 0.471. The van der Waals surface area contributed by atoms with Gasteiger partial charge in [0.05, 0.1) is 11.5 Å². The standard InChI is InChI=1S/C17H22N2O3S/c1-11-12(2)19-16-4-3-13(7-15(11)16)9-18-17(20)8-14-5-6-23(21,22)10-14/h3-4,7,14,19H,5-6,8-10H2,1-2H3,(H,18,20). The molecule has 0 aliphatic carbocycles. The number of H-pyrrole nitrogens is 1. The van der Waals surface area contributed by atoms with Crippen LogP contribution in [0.1, 0.15) is 29.7 Å². The van der Waals surface area contributed by atoms with Gasteiger partial charge in [0, 0.05) is 29.6 Å². The zero-order chi connectivity index (χ0) is 16.6. The van der Waals surface area contributed by atoms with Crippen molar-refractivity contribution in [2.24, 2.45) is 5.92 Å². The molecule has 1 aliphatic heterocycles. The number of rotatable bonds is 4. The van der Waals surface area contributed by atoms with E-state index in [9.17, 15) is 13.2 Å². The summed E-state index contributed by atoms with van der Waals surface area (Å²) in [5.41, 5.74) is 4.53. The van der Waals surface area contributed by atoms with Gasteiger partial charge in [0.15, 0.2) is 9.84 Å². The number of aromatic nitrogens is 1. The third kappa shape index (κ3) is 3.58. The Kier molecular flexibility index (Phi) is 4.19. The van der Waals surface area contributed by atoms with Gasteiger partial charge >= 0.3 is 0 Å². The number of nitrogens with one attached hydrogen (secondary N) is 2. The van der Waals surface area contributed by atoms with Crippen molar-refractivity contribution in [1.82, 2.24) is 10.3 Å². The van der Waals surface area contributed by atoms with Gasteiger partial charge in [-0.2, -0.15) is 0 Å². The van der Waals surface area contributed by atoms with E-state index in [-0.39, 0.29) is 23.3 Å². The van der Waals surface area contributed by atoms with Crippen molar-refractivity contribution in [2.75, 3.05) is 11.5 Å². The van der Waals surface area contributed by atoms with E-state index in [0.717, 1.165) is 16.8 Å². The minimum atomic E-state index is -2.92. The summed E-state index contributed by atoms with van der Waals surface area (Å²) in [7, 11) is -2.92. The monoisotopic (exact) mass is 334 g/mol. The van der Waals surface area contributed by atoms with Crippen molar-refractivity contribution < 1.29 is 13.2 Å². The molecule has 1 amide bonds. The molecule has 1 atom stereocenters. The Morgan fingerprint density at radius 3 is 2.83 bits per heavy atom. The number of aromatic amines is 1. The molecule has 5 nitrogen and oxygen atoms in total. The second kappa shape index (κ2) is 6.00. The molecule has 1 fully saturated rings. The summed E-state index contributed by atoms with van der Waals surface area (Å²) in [6, 6.07) is 6.12. The minimum Gasteiger partial charge on any atom is -0.358 e. The number of sulfone groups is 1. The van der Waals surface area contributed by atoms with E-state index in [2.05, 4.69) is 23.3 Å². The molecule has 1 aliphatic rings. The fourth-order valence-corrected chi connectivity index (χ4v) is 5.05. The number of benzene rings is 1. The van der Waals surface area contributed by atoms with Crippen LogP contribution in [0.25, 0.3) is 10.9 Å². The SMILES string of the molecule is Cc1[nH]c2ccc(CNC(=O)CC3CCS(=O)(=O)C3)cc2c1C. The summed E-state index contributed by atoms with van der Waals surface area (Å²) >= 11 is 0. The summed E-state index contributed by atoms with van der Waals surface area (Å²) < 4.78 is 22.9. The molecule has 23 heavy (non-hydrogen) atoms. The second-order valence-electron chi connectivity index (χ2n) is 6.50. The van der Waals surface area contributed by atoms with Crippen LogP contribution in [0.5, 0.6) is 0 Å². The first kappa shape index (κ1) is 16.1. The molecule has 2 heterocycles. The van der Waals surface area contributed by atoms with E-state index in [1.165, 1.54) is 10.9 Å². The quantitative estimate of drug-likeness (QED) is 0.900. The van der Waals surface area contributed by atoms with E-state index < -0.39 is 9.84 Å². The van der Waals surface area contributed by atoms with Crippen LogP contribution in [0.15, 0.2) is 18.2 Å². The molecular formula is C17H22N2O3S. The van der Waals surface area contributed by atoms with Crippen LogP contribution in [-0.2, 0) is 21.2 Å². The van der Waals surface area contributed by atoms with Gasteiger partial charge in [-0.3, -0.25) is 4.79 Å². The normalized spacial score (nSPS) is 20.0.